The molecule has 0 atom stereocenters. The van der Waals surface area contributed by atoms with Crippen molar-refractivity contribution in [1.82, 2.24) is 4.98 Å². The lowest BCUT2D eigenvalue weighted by Gasteiger charge is -2.06. The summed E-state index contributed by atoms with van der Waals surface area (Å²) in [5, 5.41) is 10.4. The zero-order valence-electron chi connectivity index (χ0n) is 7.89. The average molecular weight is 178 g/mol. The summed E-state index contributed by atoms with van der Waals surface area (Å²) in [4.78, 5) is 4.25. The molecule has 0 aliphatic heterocycles. The first-order valence-corrected chi connectivity index (χ1v) is 4.21. The van der Waals surface area contributed by atoms with E-state index in [0.717, 1.165) is 18.1 Å². The van der Waals surface area contributed by atoms with Crippen LogP contribution < -0.4 is 11.1 Å². The number of nitrogens with two attached hydrogens (primary N) is 1. The van der Waals surface area contributed by atoms with Crippen LogP contribution in [0.3, 0.4) is 0 Å². The van der Waals surface area contributed by atoms with Crippen molar-refractivity contribution >= 4 is 11.7 Å². The number of nitrogens with one attached hydrogen (secondary N) is 2. The van der Waals surface area contributed by atoms with Crippen LogP contribution in [0.2, 0.25) is 0 Å². The van der Waals surface area contributed by atoms with Crippen LogP contribution in [0.1, 0.15) is 18.2 Å². The Hall–Kier alpha value is -1.58. The molecule has 4 N–H and O–H groups in total. The van der Waals surface area contributed by atoms with Crippen molar-refractivity contribution in [3.8, 4) is 0 Å². The van der Waals surface area contributed by atoms with Crippen molar-refractivity contribution in [3.63, 3.8) is 0 Å². The Labute approximate surface area is 77.7 Å². The van der Waals surface area contributed by atoms with Gasteiger partial charge in [-0.15, -0.1) is 0 Å². The van der Waals surface area contributed by atoms with E-state index in [1.54, 1.807) is 0 Å². The Balaban J connectivity index is 2.98. The zero-order chi connectivity index (χ0) is 9.84. The van der Waals surface area contributed by atoms with Gasteiger partial charge in [-0.3, -0.25) is 5.41 Å². The van der Waals surface area contributed by atoms with Gasteiger partial charge in [0, 0.05) is 12.1 Å². The lowest BCUT2D eigenvalue weighted by Crippen LogP contribution is -2.14. The molecule has 4 heteroatoms. The SMILES string of the molecule is CCNc1ccc(C(=N)N)c(C)n1. The van der Waals surface area contributed by atoms with Crippen molar-refractivity contribution in [3.05, 3.63) is 23.4 Å². The molecule has 0 fully saturated rings. The number of amidine groups is 1. The average Bonchev–Trinajstić information content (AvgIpc) is 2.04. The Morgan fingerprint density at radius 3 is 2.77 bits per heavy atom. The molecule has 0 saturated carbocycles. The Morgan fingerprint density at radius 2 is 2.31 bits per heavy atom. The van der Waals surface area contributed by atoms with Gasteiger partial charge in [0.1, 0.15) is 11.7 Å². The van der Waals surface area contributed by atoms with E-state index < -0.39 is 0 Å². The van der Waals surface area contributed by atoms with E-state index in [-0.39, 0.29) is 5.84 Å². The van der Waals surface area contributed by atoms with Crippen LogP contribution >= 0.6 is 0 Å². The van der Waals surface area contributed by atoms with Crippen LogP contribution in [0, 0.1) is 12.3 Å². The summed E-state index contributed by atoms with van der Waals surface area (Å²) in [6, 6.07) is 3.63. The molecule has 1 heterocycles. The minimum atomic E-state index is 0.0630. The highest BCUT2D eigenvalue weighted by Gasteiger charge is 2.02. The minimum Gasteiger partial charge on any atom is -0.384 e. The van der Waals surface area contributed by atoms with Gasteiger partial charge < -0.3 is 11.1 Å². The third kappa shape index (κ3) is 2.18. The molecule has 0 saturated heterocycles. The van der Waals surface area contributed by atoms with Gasteiger partial charge in [-0.25, -0.2) is 4.98 Å². The highest BCUT2D eigenvalue weighted by atomic mass is 15.0. The van der Waals surface area contributed by atoms with Gasteiger partial charge in [0.25, 0.3) is 0 Å². The third-order valence-corrected chi connectivity index (χ3v) is 1.73. The number of aromatic nitrogens is 1. The van der Waals surface area contributed by atoms with Crippen molar-refractivity contribution in [2.75, 3.05) is 11.9 Å². The van der Waals surface area contributed by atoms with Gasteiger partial charge in [-0.1, -0.05) is 0 Å². The number of hydrogen-bond donors (Lipinski definition) is 3. The predicted molar refractivity (Wildman–Crippen MR) is 54.2 cm³/mol. The minimum absolute atomic E-state index is 0.0630. The molecular formula is C9H14N4. The number of nitrogens with zero attached hydrogens (tertiary/aromatic N) is 1. The smallest absolute Gasteiger partial charge is 0.126 e. The predicted octanol–water partition coefficient (Wildman–Crippen LogP) is 1.11. The summed E-state index contributed by atoms with van der Waals surface area (Å²) in [5.74, 6) is 0.887. The molecular weight excluding hydrogens is 164 g/mol. The van der Waals surface area contributed by atoms with Crippen LogP contribution in [-0.4, -0.2) is 17.4 Å². The highest BCUT2D eigenvalue weighted by Crippen LogP contribution is 2.09. The standard InChI is InChI=1S/C9H14N4/c1-3-12-8-5-4-7(9(10)11)6(2)13-8/h4-5H,3H2,1-2H3,(H3,10,11)(H,12,13). The summed E-state index contributed by atoms with van der Waals surface area (Å²) in [6.45, 7) is 4.69. The van der Waals surface area contributed by atoms with Crippen molar-refractivity contribution in [2.45, 2.75) is 13.8 Å². The quantitative estimate of drug-likeness (QED) is 0.479. The molecule has 70 valence electrons. The third-order valence-electron chi connectivity index (χ3n) is 1.73. The molecule has 0 unspecified atom stereocenters. The molecule has 0 amide bonds. The molecule has 13 heavy (non-hydrogen) atoms. The molecule has 1 aromatic rings. The molecule has 0 radical (unpaired) electrons. The first kappa shape index (κ1) is 9.51. The number of pyridine rings is 1. The van der Waals surface area contributed by atoms with E-state index in [9.17, 15) is 0 Å². The molecule has 0 aromatic carbocycles. The molecule has 4 nitrogen and oxygen atoms in total. The topological polar surface area (TPSA) is 74.8 Å². The second-order valence-corrected chi connectivity index (χ2v) is 2.77. The fourth-order valence-corrected chi connectivity index (χ4v) is 1.13. The zero-order valence-corrected chi connectivity index (χ0v) is 7.89. The second-order valence-electron chi connectivity index (χ2n) is 2.77. The van der Waals surface area contributed by atoms with Crippen LogP contribution in [0.25, 0.3) is 0 Å². The van der Waals surface area contributed by atoms with E-state index in [1.807, 2.05) is 26.0 Å². The number of nitrogen functional groups attached to an aromatic ring is 1. The maximum atomic E-state index is 7.27. The monoisotopic (exact) mass is 178 g/mol. The number of rotatable bonds is 3. The maximum Gasteiger partial charge on any atom is 0.126 e. The summed E-state index contributed by atoms with van der Waals surface area (Å²) in [6.07, 6.45) is 0. The van der Waals surface area contributed by atoms with E-state index >= 15 is 0 Å². The van der Waals surface area contributed by atoms with Gasteiger partial charge >= 0.3 is 0 Å². The summed E-state index contributed by atoms with van der Waals surface area (Å²) in [7, 11) is 0. The Morgan fingerprint density at radius 1 is 1.62 bits per heavy atom. The van der Waals surface area contributed by atoms with E-state index in [4.69, 9.17) is 11.1 Å². The van der Waals surface area contributed by atoms with Crippen LogP contribution in [0.4, 0.5) is 5.82 Å². The summed E-state index contributed by atoms with van der Waals surface area (Å²) < 4.78 is 0. The molecule has 0 bridgehead atoms. The van der Waals surface area contributed by atoms with Crippen molar-refractivity contribution in [2.24, 2.45) is 5.73 Å². The maximum absolute atomic E-state index is 7.27. The lowest BCUT2D eigenvalue weighted by atomic mass is 10.2. The van der Waals surface area contributed by atoms with Crippen LogP contribution in [-0.2, 0) is 0 Å². The normalized spacial score (nSPS) is 9.69. The van der Waals surface area contributed by atoms with E-state index in [1.165, 1.54) is 0 Å². The molecule has 0 aliphatic rings. The van der Waals surface area contributed by atoms with Crippen LogP contribution in [0.15, 0.2) is 12.1 Å². The molecule has 1 rings (SSSR count). The van der Waals surface area contributed by atoms with Crippen molar-refractivity contribution < 1.29 is 0 Å². The van der Waals surface area contributed by atoms with Crippen LogP contribution in [0.5, 0.6) is 0 Å². The number of aryl methyl sites for hydroxylation is 1. The fraction of sp³-hybridized carbons (Fsp3) is 0.333. The molecule has 0 aliphatic carbocycles. The summed E-state index contributed by atoms with van der Waals surface area (Å²) in [5.41, 5.74) is 6.84. The Bertz CT molecular complexity index is 319. The lowest BCUT2D eigenvalue weighted by molar-refractivity contribution is 1.12. The van der Waals surface area contributed by atoms with Gasteiger partial charge in [0.2, 0.25) is 0 Å². The van der Waals surface area contributed by atoms with Gasteiger partial charge in [-0.2, -0.15) is 0 Å². The second kappa shape index (κ2) is 3.89. The molecule has 1 aromatic heterocycles. The number of anilines is 1. The molecule has 0 spiro atoms. The van der Waals surface area contributed by atoms with E-state index in [2.05, 4.69) is 10.3 Å². The summed E-state index contributed by atoms with van der Waals surface area (Å²) >= 11 is 0. The van der Waals surface area contributed by atoms with Gasteiger partial charge in [0.15, 0.2) is 0 Å². The van der Waals surface area contributed by atoms with Crippen molar-refractivity contribution in [1.29, 1.82) is 5.41 Å². The first-order valence-electron chi connectivity index (χ1n) is 4.21. The largest absolute Gasteiger partial charge is 0.384 e. The van der Waals surface area contributed by atoms with E-state index in [0.29, 0.717) is 5.56 Å². The van der Waals surface area contributed by atoms with Gasteiger partial charge in [-0.05, 0) is 26.0 Å². The first-order chi connectivity index (χ1) is 6.15. The fourth-order valence-electron chi connectivity index (χ4n) is 1.13. The van der Waals surface area contributed by atoms with Gasteiger partial charge in [0.05, 0.1) is 5.69 Å². The Kier molecular flexibility index (Phi) is 2.84. The highest BCUT2D eigenvalue weighted by molar-refractivity contribution is 5.96. The number of hydrogen-bond acceptors (Lipinski definition) is 3.